The van der Waals surface area contributed by atoms with Crippen LogP contribution in [-0.2, 0) is 9.53 Å². The van der Waals surface area contributed by atoms with Crippen LogP contribution in [0.5, 0.6) is 0 Å². The average Bonchev–Trinajstić information content (AvgIpc) is 2.40. The Labute approximate surface area is 173 Å². The fourth-order valence-electron chi connectivity index (χ4n) is 3.12. The third kappa shape index (κ3) is 9.96. The second-order valence-electron chi connectivity index (χ2n) is 9.18. The first-order chi connectivity index (χ1) is 10.9. The Bertz CT molecular complexity index is 491. The lowest BCUT2D eigenvalue weighted by atomic mass is 9.77. The second kappa shape index (κ2) is 11.3. The van der Waals surface area contributed by atoms with Gasteiger partial charge in [-0.25, -0.2) is 0 Å². The van der Waals surface area contributed by atoms with Crippen molar-refractivity contribution >= 4 is 5.97 Å². The minimum absolute atomic E-state index is 0. The van der Waals surface area contributed by atoms with Gasteiger partial charge in [-0.1, -0.05) is 32.1 Å². The molecule has 0 amide bonds. The molecule has 0 fully saturated rings. The van der Waals surface area contributed by atoms with Gasteiger partial charge in [-0.15, -0.1) is 0 Å². The zero-order valence-corrected chi connectivity index (χ0v) is 19.3. The summed E-state index contributed by atoms with van der Waals surface area (Å²) in [6.45, 7) is 6.59. The molecule has 0 saturated heterocycles. The van der Waals surface area contributed by atoms with Crippen molar-refractivity contribution in [2.24, 2.45) is 17.8 Å². The summed E-state index contributed by atoms with van der Waals surface area (Å²) < 4.78 is 7.29. The molecule has 0 bridgehead atoms. The van der Waals surface area contributed by atoms with Gasteiger partial charge in [0.1, 0.15) is 19.7 Å². The van der Waals surface area contributed by atoms with E-state index in [2.05, 4.69) is 74.4 Å². The fraction of sp³-hybridized carbons (Fsp3) is 0.750. The SMILES string of the molecule is CCC(C(=O)OCC[N+](C)(C)C)C1C=C(C[N+](C)(C)C)C=CC1C.[Cl-].[Cl-]. The zero-order chi connectivity index (χ0) is 18.5. The van der Waals surface area contributed by atoms with Crippen LogP contribution in [0, 0.1) is 17.8 Å². The maximum absolute atomic E-state index is 12.6. The number of allylic oxidation sites excluding steroid dienone is 2. The number of hydrogen-bond acceptors (Lipinski definition) is 2. The first-order valence-electron chi connectivity index (χ1n) is 9.09. The van der Waals surface area contributed by atoms with Crippen molar-refractivity contribution in [3.8, 4) is 0 Å². The molecule has 0 radical (unpaired) electrons. The van der Waals surface area contributed by atoms with E-state index in [9.17, 15) is 4.79 Å². The van der Waals surface area contributed by atoms with Gasteiger partial charge in [-0.2, -0.15) is 0 Å². The molecule has 3 unspecified atom stereocenters. The highest BCUT2D eigenvalue weighted by Gasteiger charge is 2.32. The van der Waals surface area contributed by atoms with Crippen molar-refractivity contribution in [3.63, 3.8) is 0 Å². The largest absolute Gasteiger partial charge is 1.00 e. The first kappa shape index (κ1) is 27.7. The van der Waals surface area contributed by atoms with Crippen LogP contribution in [0.25, 0.3) is 0 Å². The van der Waals surface area contributed by atoms with E-state index in [-0.39, 0.29) is 42.6 Å². The normalized spacial score (nSPS) is 21.2. The van der Waals surface area contributed by atoms with Crippen molar-refractivity contribution in [2.45, 2.75) is 20.3 Å². The van der Waals surface area contributed by atoms with Crippen molar-refractivity contribution in [2.75, 3.05) is 62.0 Å². The van der Waals surface area contributed by atoms with Crippen LogP contribution >= 0.6 is 0 Å². The maximum Gasteiger partial charge on any atom is 0.309 e. The standard InChI is InChI=1S/C20H38N2O2.2ClH/c1-9-18(20(23)24-13-12-21(3,4)5)19-14-17(11-10-16(19)2)15-22(6,7)8;;/h10-11,14,16,18-19H,9,12-13,15H2,1-8H3;2*1H/q+2;;/p-2. The molecule has 0 N–H and O–H groups in total. The Hall–Kier alpha value is -0.550. The van der Waals surface area contributed by atoms with Gasteiger partial charge in [-0.3, -0.25) is 4.79 Å². The third-order valence-corrected chi connectivity index (χ3v) is 4.50. The number of quaternary nitrogens is 2. The van der Waals surface area contributed by atoms with E-state index in [1.54, 1.807) is 0 Å². The van der Waals surface area contributed by atoms with Gasteiger partial charge in [0.25, 0.3) is 0 Å². The summed E-state index contributed by atoms with van der Waals surface area (Å²) in [6, 6.07) is 0. The van der Waals surface area contributed by atoms with Crippen molar-refractivity contribution in [1.29, 1.82) is 0 Å². The lowest BCUT2D eigenvalue weighted by Crippen LogP contribution is -3.00. The van der Waals surface area contributed by atoms with Gasteiger partial charge in [-0.05, 0) is 18.3 Å². The van der Waals surface area contributed by atoms with Gasteiger partial charge >= 0.3 is 5.97 Å². The number of likely N-dealkylation sites (N-methyl/N-ethyl adjacent to an activating group) is 2. The van der Waals surface area contributed by atoms with E-state index in [0.717, 1.165) is 28.5 Å². The van der Waals surface area contributed by atoms with Gasteiger partial charge in [0.2, 0.25) is 0 Å². The van der Waals surface area contributed by atoms with E-state index in [1.165, 1.54) is 5.57 Å². The van der Waals surface area contributed by atoms with Crippen LogP contribution in [0.15, 0.2) is 23.8 Å². The highest BCUT2D eigenvalue weighted by Crippen LogP contribution is 2.32. The molecular formula is C20H38Cl2N2O2. The molecule has 154 valence electrons. The molecular weight excluding hydrogens is 371 g/mol. The van der Waals surface area contributed by atoms with Crippen LogP contribution in [-0.4, -0.2) is 76.9 Å². The number of nitrogens with zero attached hydrogens (tertiary/aromatic N) is 2. The fourth-order valence-corrected chi connectivity index (χ4v) is 3.12. The van der Waals surface area contributed by atoms with Crippen molar-refractivity contribution < 1.29 is 43.3 Å². The number of esters is 1. The quantitative estimate of drug-likeness (QED) is 0.311. The Kier molecular flexibility index (Phi) is 12.1. The predicted octanol–water partition coefficient (Wildman–Crippen LogP) is -3.28. The Morgan fingerprint density at radius 2 is 1.69 bits per heavy atom. The molecule has 26 heavy (non-hydrogen) atoms. The van der Waals surface area contributed by atoms with E-state index < -0.39 is 0 Å². The molecule has 0 spiro atoms. The molecule has 1 rings (SSSR count). The Morgan fingerprint density at radius 1 is 1.12 bits per heavy atom. The Balaban J connectivity index is 0. The smallest absolute Gasteiger partial charge is 0.309 e. The van der Waals surface area contributed by atoms with E-state index in [0.29, 0.717) is 12.5 Å². The van der Waals surface area contributed by atoms with Gasteiger partial charge in [0.05, 0.1) is 48.2 Å². The minimum Gasteiger partial charge on any atom is -1.00 e. The number of ether oxygens (including phenoxy) is 1. The van der Waals surface area contributed by atoms with Gasteiger partial charge in [0, 0.05) is 5.57 Å². The molecule has 1 aliphatic rings. The topological polar surface area (TPSA) is 26.3 Å². The first-order valence-corrected chi connectivity index (χ1v) is 9.09. The summed E-state index contributed by atoms with van der Waals surface area (Å²) in [6.07, 6.45) is 7.60. The highest BCUT2D eigenvalue weighted by atomic mass is 35.5. The van der Waals surface area contributed by atoms with Crippen LogP contribution < -0.4 is 24.8 Å². The number of carbonyl (C=O) groups is 1. The summed E-state index contributed by atoms with van der Waals surface area (Å²) in [7, 11) is 12.9. The molecule has 4 nitrogen and oxygen atoms in total. The van der Waals surface area contributed by atoms with Gasteiger partial charge < -0.3 is 38.5 Å². The second-order valence-corrected chi connectivity index (χ2v) is 9.18. The van der Waals surface area contributed by atoms with Crippen LogP contribution in [0.4, 0.5) is 0 Å². The Morgan fingerprint density at radius 3 is 2.15 bits per heavy atom. The lowest BCUT2D eigenvalue weighted by Gasteiger charge is -2.31. The predicted molar refractivity (Wildman–Crippen MR) is 100 cm³/mol. The van der Waals surface area contributed by atoms with E-state index in [1.807, 2.05) is 0 Å². The van der Waals surface area contributed by atoms with Crippen molar-refractivity contribution in [1.82, 2.24) is 0 Å². The number of carbonyl (C=O) groups excluding carboxylic acids is 1. The van der Waals surface area contributed by atoms with Crippen molar-refractivity contribution in [3.05, 3.63) is 23.8 Å². The van der Waals surface area contributed by atoms with Gasteiger partial charge in [0.15, 0.2) is 0 Å². The van der Waals surface area contributed by atoms with E-state index >= 15 is 0 Å². The molecule has 0 aromatic carbocycles. The number of halogens is 2. The average molecular weight is 409 g/mol. The summed E-state index contributed by atoms with van der Waals surface area (Å²) in [5, 5.41) is 0. The third-order valence-electron chi connectivity index (χ3n) is 4.50. The molecule has 0 saturated carbocycles. The number of rotatable bonds is 8. The molecule has 0 aromatic rings. The number of hydrogen-bond donors (Lipinski definition) is 0. The van der Waals surface area contributed by atoms with Crippen LogP contribution in [0.3, 0.4) is 0 Å². The molecule has 1 aliphatic carbocycles. The minimum atomic E-state index is -0.0557. The molecule has 0 aromatic heterocycles. The van der Waals surface area contributed by atoms with E-state index in [4.69, 9.17) is 4.74 Å². The molecule has 6 heteroatoms. The van der Waals surface area contributed by atoms with Crippen LogP contribution in [0.1, 0.15) is 20.3 Å². The highest BCUT2D eigenvalue weighted by molar-refractivity contribution is 5.73. The lowest BCUT2D eigenvalue weighted by molar-refractivity contribution is -0.870. The molecule has 0 aliphatic heterocycles. The molecule has 0 heterocycles. The summed E-state index contributed by atoms with van der Waals surface area (Å²) in [5.41, 5.74) is 1.32. The molecule has 3 atom stereocenters. The summed E-state index contributed by atoms with van der Waals surface area (Å²) >= 11 is 0. The monoisotopic (exact) mass is 408 g/mol. The summed E-state index contributed by atoms with van der Waals surface area (Å²) in [4.78, 5) is 12.6. The maximum atomic E-state index is 12.6. The summed E-state index contributed by atoms with van der Waals surface area (Å²) in [5.74, 6) is 0.508. The zero-order valence-electron chi connectivity index (χ0n) is 17.8. The van der Waals surface area contributed by atoms with Crippen LogP contribution in [0.2, 0.25) is 0 Å².